The normalized spacial score (nSPS) is 29.4. The second-order valence-electron chi connectivity index (χ2n) is 5.23. The fourth-order valence-electron chi connectivity index (χ4n) is 2.53. The lowest BCUT2D eigenvalue weighted by molar-refractivity contribution is -0.0148. The van der Waals surface area contributed by atoms with Crippen molar-refractivity contribution >= 4 is 0 Å². The quantitative estimate of drug-likeness (QED) is 0.739. The van der Waals surface area contributed by atoms with Crippen LogP contribution < -0.4 is 5.73 Å². The summed E-state index contributed by atoms with van der Waals surface area (Å²) in [6, 6.07) is 0.284. The Kier molecular flexibility index (Phi) is 4.56. The molecular formula is C12H26N2O. The van der Waals surface area contributed by atoms with E-state index in [-0.39, 0.29) is 6.04 Å². The highest BCUT2D eigenvalue weighted by atomic mass is 16.3. The number of hydrogen-bond donors (Lipinski definition) is 2. The Bertz CT molecular complexity index is 182. The van der Waals surface area contributed by atoms with Crippen molar-refractivity contribution in [3.8, 4) is 0 Å². The van der Waals surface area contributed by atoms with Gasteiger partial charge in [0.05, 0.1) is 5.60 Å². The standard InChI is InChI=1S/C12H26N2O/c1-4-12(15,5-2)9-14-7-10(3)6-11(13)8-14/h10-11,15H,4-9,13H2,1-3H3. The molecule has 1 heterocycles. The van der Waals surface area contributed by atoms with Gasteiger partial charge >= 0.3 is 0 Å². The third kappa shape index (κ3) is 3.74. The first kappa shape index (κ1) is 12.9. The molecule has 0 amide bonds. The highest BCUT2D eigenvalue weighted by Crippen LogP contribution is 2.21. The molecular weight excluding hydrogens is 188 g/mol. The highest BCUT2D eigenvalue weighted by Gasteiger charge is 2.29. The minimum atomic E-state index is -0.517. The number of hydrogen-bond acceptors (Lipinski definition) is 3. The van der Waals surface area contributed by atoms with E-state index in [9.17, 15) is 5.11 Å². The fraction of sp³-hybridized carbons (Fsp3) is 1.00. The molecule has 2 unspecified atom stereocenters. The Morgan fingerprint density at radius 3 is 2.40 bits per heavy atom. The van der Waals surface area contributed by atoms with Gasteiger partial charge in [0, 0.05) is 25.7 Å². The Labute approximate surface area is 93.6 Å². The van der Waals surface area contributed by atoms with Gasteiger partial charge in [-0.2, -0.15) is 0 Å². The molecule has 0 aliphatic carbocycles. The maximum absolute atomic E-state index is 10.3. The zero-order chi connectivity index (χ0) is 11.5. The summed E-state index contributed by atoms with van der Waals surface area (Å²) in [7, 11) is 0. The van der Waals surface area contributed by atoms with Gasteiger partial charge in [0.2, 0.25) is 0 Å². The summed E-state index contributed by atoms with van der Waals surface area (Å²) in [5.41, 5.74) is 5.48. The molecule has 3 N–H and O–H groups in total. The van der Waals surface area contributed by atoms with E-state index in [1.807, 2.05) is 0 Å². The molecule has 1 fully saturated rings. The van der Waals surface area contributed by atoms with Crippen molar-refractivity contribution in [2.75, 3.05) is 19.6 Å². The number of aliphatic hydroxyl groups is 1. The van der Waals surface area contributed by atoms with E-state index >= 15 is 0 Å². The summed E-state index contributed by atoms with van der Waals surface area (Å²) in [6.07, 6.45) is 2.76. The molecule has 90 valence electrons. The second kappa shape index (κ2) is 5.28. The molecule has 0 aromatic heterocycles. The van der Waals surface area contributed by atoms with Crippen molar-refractivity contribution < 1.29 is 5.11 Å². The van der Waals surface area contributed by atoms with Crippen LogP contribution in [-0.4, -0.2) is 41.3 Å². The fourth-order valence-corrected chi connectivity index (χ4v) is 2.53. The number of likely N-dealkylation sites (tertiary alicyclic amines) is 1. The average Bonchev–Trinajstić information content (AvgIpc) is 2.16. The molecule has 0 aromatic rings. The van der Waals surface area contributed by atoms with Gasteiger partial charge in [-0.15, -0.1) is 0 Å². The van der Waals surface area contributed by atoms with Crippen LogP contribution in [-0.2, 0) is 0 Å². The number of rotatable bonds is 4. The SMILES string of the molecule is CCC(O)(CC)CN1CC(C)CC(N)C1. The average molecular weight is 214 g/mol. The lowest BCUT2D eigenvalue weighted by atomic mass is 9.92. The maximum atomic E-state index is 10.3. The van der Waals surface area contributed by atoms with Crippen LogP contribution >= 0.6 is 0 Å². The van der Waals surface area contributed by atoms with E-state index in [4.69, 9.17) is 5.73 Å². The van der Waals surface area contributed by atoms with Crippen molar-refractivity contribution in [3.63, 3.8) is 0 Å². The van der Waals surface area contributed by atoms with Crippen LogP contribution in [0.4, 0.5) is 0 Å². The summed E-state index contributed by atoms with van der Waals surface area (Å²) in [5.74, 6) is 0.659. The molecule has 0 aromatic carbocycles. The van der Waals surface area contributed by atoms with Crippen molar-refractivity contribution in [1.82, 2.24) is 4.90 Å². The summed E-state index contributed by atoms with van der Waals surface area (Å²) in [5, 5.41) is 10.3. The van der Waals surface area contributed by atoms with Crippen LogP contribution in [0.25, 0.3) is 0 Å². The van der Waals surface area contributed by atoms with Gasteiger partial charge in [-0.3, -0.25) is 4.90 Å². The zero-order valence-corrected chi connectivity index (χ0v) is 10.4. The van der Waals surface area contributed by atoms with Crippen LogP contribution in [0.15, 0.2) is 0 Å². The number of nitrogens with two attached hydrogens (primary N) is 1. The maximum Gasteiger partial charge on any atom is 0.0768 e. The van der Waals surface area contributed by atoms with Crippen molar-refractivity contribution in [1.29, 1.82) is 0 Å². The molecule has 15 heavy (non-hydrogen) atoms. The molecule has 3 nitrogen and oxygen atoms in total. The van der Waals surface area contributed by atoms with Crippen LogP contribution in [0.1, 0.15) is 40.0 Å². The smallest absolute Gasteiger partial charge is 0.0768 e. The molecule has 1 saturated heterocycles. The third-order valence-electron chi connectivity index (χ3n) is 3.60. The van der Waals surface area contributed by atoms with Crippen molar-refractivity contribution in [3.05, 3.63) is 0 Å². The third-order valence-corrected chi connectivity index (χ3v) is 3.60. The highest BCUT2D eigenvalue weighted by molar-refractivity contribution is 4.85. The van der Waals surface area contributed by atoms with E-state index in [0.717, 1.165) is 38.9 Å². The van der Waals surface area contributed by atoms with E-state index in [1.54, 1.807) is 0 Å². The van der Waals surface area contributed by atoms with E-state index in [1.165, 1.54) is 0 Å². The summed E-state index contributed by atoms with van der Waals surface area (Å²) in [6.45, 7) is 9.14. The van der Waals surface area contributed by atoms with E-state index < -0.39 is 5.60 Å². The molecule has 3 heteroatoms. The van der Waals surface area contributed by atoms with Gasteiger partial charge < -0.3 is 10.8 Å². The van der Waals surface area contributed by atoms with E-state index in [2.05, 4.69) is 25.7 Å². The predicted octanol–water partition coefficient (Wildman–Crippen LogP) is 1.21. The van der Waals surface area contributed by atoms with Crippen LogP contribution in [0.2, 0.25) is 0 Å². The molecule has 0 radical (unpaired) electrons. The molecule has 0 saturated carbocycles. The minimum absolute atomic E-state index is 0.284. The number of nitrogens with zero attached hydrogens (tertiary/aromatic N) is 1. The first-order chi connectivity index (χ1) is 6.99. The molecule has 0 bridgehead atoms. The number of piperidine rings is 1. The predicted molar refractivity (Wildman–Crippen MR) is 63.7 cm³/mol. The lowest BCUT2D eigenvalue weighted by Crippen LogP contribution is -2.51. The Balaban J connectivity index is 2.49. The molecule has 0 spiro atoms. The van der Waals surface area contributed by atoms with Crippen LogP contribution in [0.5, 0.6) is 0 Å². The minimum Gasteiger partial charge on any atom is -0.389 e. The van der Waals surface area contributed by atoms with Crippen LogP contribution in [0.3, 0.4) is 0 Å². The molecule has 1 aliphatic rings. The molecule has 1 rings (SSSR count). The lowest BCUT2D eigenvalue weighted by Gasteiger charge is -2.39. The monoisotopic (exact) mass is 214 g/mol. The molecule has 1 aliphatic heterocycles. The van der Waals surface area contributed by atoms with Crippen molar-refractivity contribution in [2.45, 2.75) is 51.7 Å². The Morgan fingerprint density at radius 2 is 1.93 bits per heavy atom. The summed E-state index contributed by atoms with van der Waals surface area (Å²) in [4.78, 5) is 2.33. The van der Waals surface area contributed by atoms with Gasteiger partial charge in [0.25, 0.3) is 0 Å². The first-order valence-corrected chi connectivity index (χ1v) is 6.19. The first-order valence-electron chi connectivity index (χ1n) is 6.19. The van der Waals surface area contributed by atoms with Crippen LogP contribution in [0, 0.1) is 5.92 Å². The van der Waals surface area contributed by atoms with Gasteiger partial charge in [0.1, 0.15) is 0 Å². The Morgan fingerprint density at radius 1 is 1.33 bits per heavy atom. The number of β-amino-alcohol motifs (C(OH)–C–C–N with tert-alkyl or cyclic N) is 1. The van der Waals surface area contributed by atoms with E-state index in [0.29, 0.717) is 5.92 Å². The Hall–Kier alpha value is -0.120. The summed E-state index contributed by atoms with van der Waals surface area (Å²) < 4.78 is 0. The van der Waals surface area contributed by atoms with Gasteiger partial charge in [-0.1, -0.05) is 20.8 Å². The summed E-state index contributed by atoms with van der Waals surface area (Å²) >= 11 is 0. The largest absolute Gasteiger partial charge is 0.389 e. The molecule has 2 atom stereocenters. The topological polar surface area (TPSA) is 49.5 Å². The van der Waals surface area contributed by atoms with Gasteiger partial charge in [-0.05, 0) is 25.2 Å². The van der Waals surface area contributed by atoms with Gasteiger partial charge in [0.15, 0.2) is 0 Å². The van der Waals surface area contributed by atoms with Crippen molar-refractivity contribution in [2.24, 2.45) is 11.7 Å². The second-order valence-corrected chi connectivity index (χ2v) is 5.23. The van der Waals surface area contributed by atoms with Gasteiger partial charge in [-0.25, -0.2) is 0 Å². The zero-order valence-electron chi connectivity index (χ0n) is 10.4.